The van der Waals surface area contributed by atoms with E-state index in [4.69, 9.17) is 4.74 Å². The van der Waals surface area contributed by atoms with E-state index in [1.54, 1.807) is 6.07 Å². The maximum Gasteiger partial charge on any atom is 0.416 e. The highest BCUT2D eigenvalue weighted by Crippen LogP contribution is 2.37. The van der Waals surface area contributed by atoms with Gasteiger partial charge in [-0.1, -0.05) is 0 Å². The summed E-state index contributed by atoms with van der Waals surface area (Å²) in [5.41, 5.74) is -1.90. The third kappa shape index (κ3) is 3.69. The molecule has 1 aromatic carbocycles. The zero-order valence-electron chi connectivity index (χ0n) is 10.1. The Balaban J connectivity index is 2.39. The Morgan fingerprint density at radius 2 is 1.95 bits per heavy atom. The van der Waals surface area contributed by atoms with Crippen LogP contribution in [0.3, 0.4) is 0 Å². The molecular weight excluding hydrogens is 357 g/mol. The highest BCUT2D eigenvalue weighted by molar-refractivity contribution is 9.10. The molecule has 0 fully saturated rings. The van der Waals surface area contributed by atoms with Gasteiger partial charge in [-0.3, -0.25) is 10.1 Å². The van der Waals surface area contributed by atoms with Gasteiger partial charge in [-0.25, -0.2) is 4.98 Å². The zero-order chi connectivity index (χ0) is 15.6. The van der Waals surface area contributed by atoms with E-state index >= 15 is 0 Å². The Morgan fingerprint density at radius 3 is 2.48 bits per heavy atom. The molecule has 0 N–H and O–H groups in total. The van der Waals surface area contributed by atoms with Crippen molar-refractivity contribution in [3.8, 4) is 11.6 Å². The lowest BCUT2D eigenvalue weighted by molar-refractivity contribution is -0.385. The standard InChI is InChI=1S/C12H6BrF3N2O3/c13-8-2-4-11(17-6-8)21-10-3-1-7(12(14,15)16)5-9(10)18(19)20/h1-6H. The summed E-state index contributed by atoms with van der Waals surface area (Å²) in [6.45, 7) is 0. The first-order chi connectivity index (χ1) is 9.77. The van der Waals surface area contributed by atoms with Gasteiger partial charge in [-0.05, 0) is 34.1 Å². The average Bonchev–Trinajstić information content (AvgIpc) is 2.40. The number of hydrogen-bond acceptors (Lipinski definition) is 4. The molecule has 0 saturated heterocycles. The van der Waals surface area contributed by atoms with E-state index in [1.807, 2.05) is 0 Å². The molecule has 1 heterocycles. The third-order valence-corrected chi connectivity index (χ3v) is 2.87. The van der Waals surface area contributed by atoms with E-state index in [0.717, 1.165) is 6.07 Å². The van der Waals surface area contributed by atoms with Crippen LogP contribution >= 0.6 is 15.9 Å². The SMILES string of the molecule is O=[N+]([O-])c1cc(C(F)(F)F)ccc1Oc1ccc(Br)cn1. The predicted molar refractivity (Wildman–Crippen MR) is 70.1 cm³/mol. The average molecular weight is 363 g/mol. The van der Waals surface area contributed by atoms with Crippen LogP contribution in [0.4, 0.5) is 18.9 Å². The minimum absolute atomic E-state index is 0.0288. The number of nitrogens with zero attached hydrogens (tertiary/aromatic N) is 2. The molecular formula is C12H6BrF3N2O3. The number of aromatic nitrogens is 1. The monoisotopic (exact) mass is 362 g/mol. The predicted octanol–water partition coefficient (Wildman–Crippen LogP) is 4.56. The van der Waals surface area contributed by atoms with Crippen molar-refractivity contribution in [3.05, 3.63) is 56.7 Å². The van der Waals surface area contributed by atoms with Crippen molar-refractivity contribution in [1.82, 2.24) is 4.98 Å². The fraction of sp³-hybridized carbons (Fsp3) is 0.0833. The summed E-state index contributed by atoms with van der Waals surface area (Å²) in [7, 11) is 0. The molecule has 1 aromatic heterocycles. The number of rotatable bonds is 3. The van der Waals surface area contributed by atoms with Crippen molar-refractivity contribution in [1.29, 1.82) is 0 Å². The van der Waals surface area contributed by atoms with Gasteiger partial charge in [0.1, 0.15) is 0 Å². The molecule has 0 spiro atoms. The van der Waals surface area contributed by atoms with Crippen LogP contribution in [0.1, 0.15) is 5.56 Å². The summed E-state index contributed by atoms with van der Waals surface area (Å²) in [5, 5.41) is 10.9. The topological polar surface area (TPSA) is 65.3 Å². The summed E-state index contributed by atoms with van der Waals surface area (Å²) in [5.74, 6) is -0.288. The summed E-state index contributed by atoms with van der Waals surface area (Å²) in [4.78, 5) is 13.8. The van der Waals surface area contributed by atoms with Crippen LogP contribution in [0.2, 0.25) is 0 Å². The number of hydrogen-bond donors (Lipinski definition) is 0. The maximum atomic E-state index is 12.6. The summed E-state index contributed by atoms with van der Waals surface area (Å²) < 4.78 is 43.5. The van der Waals surface area contributed by atoms with E-state index in [0.29, 0.717) is 16.6 Å². The molecule has 2 rings (SSSR count). The number of benzene rings is 1. The molecule has 0 radical (unpaired) electrons. The molecule has 0 saturated carbocycles. The molecule has 21 heavy (non-hydrogen) atoms. The zero-order valence-corrected chi connectivity index (χ0v) is 11.7. The van der Waals surface area contributed by atoms with Gasteiger partial charge < -0.3 is 4.74 Å². The van der Waals surface area contributed by atoms with Gasteiger partial charge in [0.2, 0.25) is 11.6 Å². The highest BCUT2D eigenvalue weighted by atomic mass is 79.9. The minimum atomic E-state index is -4.67. The largest absolute Gasteiger partial charge is 0.432 e. The molecule has 0 aliphatic heterocycles. The van der Waals surface area contributed by atoms with Gasteiger partial charge in [0.25, 0.3) is 0 Å². The van der Waals surface area contributed by atoms with Gasteiger partial charge in [0.15, 0.2) is 0 Å². The highest BCUT2D eigenvalue weighted by Gasteiger charge is 2.33. The lowest BCUT2D eigenvalue weighted by atomic mass is 10.2. The van der Waals surface area contributed by atoms with Gasteiger partial charge in [-0.2, -0.15) is 13.2 Å². The van der Waals surface area contributed by atoms with Crippen molar-refractivity contribution in [2.45, 2.75) is 6.18 Å². The van der Waals surface area contributed by atoms with Crippen molar-refractivity contribution < 1.29 is 22.8 Å². The number of pyridine rings is 1. The van der Waals surface area contributed by atoms with E-state index in [1.165, 1.54) is 12.3 Å². The Morgan fingerprint density at radius 1 is 1.24 bits per heavy atom. The Hall–Kier alpha value is -2.16. The lowest BCUT2D eigenvalue weighted by Crippen LogP contribution is -2.06. The van der Waals surface area contributed by atoms with Crippen molar-refractivity contribution in [2.24, 2.45) is 0 Å². The molecule has 9 heteroatoms. The number of halogens is 4. The van der Waals surface area contributed by atoms with E-state index in [9.17, 15) is 23.3 Å². The quantitative estimate of drug-likeness (QED) is 0.592. The molecule has 0 unspecified atom stereocenters. The normalized spacial score (nSPS) is 11.2. The van der Waals surface area contributed by atoms with Crippen LogP contribution in [0, 0.1) is 10.1 Å². The number of alkyl halides is 3. The fourth-order valence-corrected chi connectivity index (χ4v) is 1.69. The van der Waals surface area contributed by atoms with Crippen LogP contribution in [-0.2, 0) is 6.18 Å². The van der Waals surface area contributed by atoms with Crippen molar-refractivity contribution in [3.63, 3.8) is 0 Å². The first-order valence-corrected chi connectivity index (χ1v) is 6.22. The molecule has 2 aromatic rings. The molecule has 0 atom stereocenters. The molecule has 110 valence electrons. The lowest BCUT2D eigenvalue weighted by Gasteiger charge is -2.09. The van der Waals surface area contributed by atoms with Gasteiger partial charge >= 0.3 is 11.9 Å². The van der Waals surface area contributed by atoms with E-state index < -0.39 is 22.4 Å². The Kier molecular flexibility index (Phi) is 4.12. The van der Waals surface area contributed by atoms with Crippen LogP contribution in [0.5, 0.6) is 11.6 Å². The van der Waals surface area contributed by atoms with Crippen LogP contribution < -0.4 is 4.74 Å². The smallest absolute Gasteiger partial charge is 0.416 e. The van der Waals surface area contributed by atoms with Crippen LogP contribution in [0.25, 0.3) is 0 Å². The second-order valence-electron chi connectivity index (χ2n) is 3.85. The van der Waals surface area contributed by atoms with Gasteiger partial charge in [0, 0.05) is 22.8 Å². The van der Waals surface area contributed by atoms with Crippen molar-refractivity contribution in [2.75, 3.05) is 0 Å². The third-order valence-electron chi connectivity index (χ3n) is 2.40. The first-order valence-electron chi connectivity index (χ1n) is 5.42. The molecule has 0 bridgehead atoms. The Labute approximate surface area is 124 Å². The van der Waals surface area contributed by atoms with E-state index in [-0.39, 0.29) is 11.6 Å². The summed E-state index contributed by atoms with van der Waals surface area (Å²) in [6, 6.07) is 5.03. The van der Waals surface area contributed by atoms with Crippen LogP contribution in [-0.4, -0.2) is 9.91 Å². The summed E-state index contributed by atoms with van der Waals surface area (Å²) >= 11 is 3.15. The van der Waals surface area contributed by atoms with E-state index in [2.05, 4.69) is 20.9 Å². The number of nitro groups is 1. The van der Waals surface area contributed by atoms with Crippen molar-refractivity contribution >= 4 is 21.6 Å². The molecule has 0 amide bonds. The molecule has 5 nitrogen and oxygen atoms in total. The number of nitro benzene ring substituents is 1. The Bertz CT molecular complexity index is 674. The second-order valence-corrected chi connectivity index (χ2v) is 4.77. The summed E-state index contributed by atoms with van der Waals surface area (Å²) in [6.07, 6.45) is -3.27. The second kappa shape index (κ2) is 5.68. The molecule has 0 aliphatic carbocycles. The number of ether oxygens (including phenoxy) is 1. The molecule has 0 aliphatic rings. The van der Waals surface area contributed by atoms with Crippen LogP contribution in [0.15, 0.2) is 41.0 Å². The van der Waals surface area contributed by atoms with Gasteiger partial charge in [-0.15, -0.1) is 0 Å². The first kappa shape index (κ1) is 15.2. The maximum absolute atomic E-state index is 12.6. The minimum Gasteiger partial charge on any atom is -0.432 e. The fourth-order valence-electron chi connectivity index (χ4n) is 1.46. The van der Waals surface area contributed by atoms with Gasteiger partial charge in [0.05, 0.1) is 10.5 Å².